The quantitative estimate of drug-likeness (QED) is 0.519. The molecule has 0 aliphatic carbocycles. The van der Waals surface area contributed by atoms with Crippen molar-refractivity contribution in [3.8, 4) is 11.8 Å². The Morgan fingerprint density at radius 1 is 1.39 bits per heavy atom. The van der Waals surface area contributed by atoms with E-state index in [0.717, 1.165) is 24.0 Å². The van der Waals surface area contributed by atoms with Crippen LogP contribution in [0.1, 0.15) is 47.4 Å². The van der Waals surface area contributed by atoms with Crippen molar-refractivity contribution in [1.82, 2.24) is 14.9 Å². The number of methoxy groups -OCH3 is 1. The molecule has 11 nitrogen and oxygen atoms in total. The molecular formula is C27H30N6O5. The molecule has 0 bridgehead atoms. The Balaban J connectivity index is 1.55. The molecule has 0 spiro atoms. The van der Waals surface area contributed by atoms with Crippen molar-refractivity contribution >= 4 is 24.0 Å². The summed E-state index contributed by atoms with van der Waals surface area (Å²) >= 11 is 0. The van der Waals surface area contributed by atoms with Gasteiger partial charge in [0, 0.05) is 38.0 Å². The largest absolute Gasteiger partial charge is 0.487 e. The molecule has 38 heavy (non-hydrogen) atoms. The van der Waals surface area contributed by atoms with E-state index in [9.17, 15) is 14.9 Å². The standard InChI is InChI=1S/C27H30N6O5/c1-18(17-36-3)38-24-12-25(29-14-22(24)13-28)31-27(35)33-9-6-7-20-11-21(23(16-34)30-26(20)33)15-32-8-4-5-10-37-19(32)2/h4-5,8,10-12,14,16,18-19H,6-7,9,15,17H2,1-3H3,(H,29,31,35). The van der Waals surface area contributed by atoms with Crippen LogP contribution >= 0.6 is 0 Å². The van der Waals surface area contributed by atoms with Crippen molar-refractivity contribution < 1.29 is 23.8 Å². The van der Waals surface area contributed by atoms with Gasteiger partial charge in [-0.1, -0.05) is 0 Å². The number of aryl methyl sites for hydroxylation is 1. The second-order valence-corrected chi connectivity index (χ2v) is 8.96. The van der Waals surface area contributed by atoms with Crippen molar-refractivity contribution in [2.24, 2.45) is 0 Å². The Morgan fingerprint density at radius 2 is 2.24 bits per heavy atom. The van der Waals surface area contributed by atoms with E-state index < -0.39 is 6.03 Å². The van der Waals surface area contributed by atoms with Crippen molar-refractivity contribution in [3.63, 3.8) is 0 Å². The van der Waals surface area contributed by atoms with E-state index in [1.165, 1.54) is 17.2 Å². The lowest BCUT2D eigenvalue weighted by molar-refractivity contribution is 0.0351. The van der Waals surface area contributed by atoms with Crippen LogP contribution < -0.4 is 15.0 Å². The van der Waals surface area contributed by atoms with E-state index in [2.05, 4.69) is 15.3 Å². The number of nitriles is 1. The molecule has 0 radical (unpaired) electrons. The highest BCUT2D eigenvalue weighted by Gasteiger charge is 2.27. The Hall–Kier alpha value is -4.43. The number of allylic oxidation sites excluding steroid dienone is 2. The number of carbonyl (C=O) groups excluding carboxylic acids is 2. The maximum Gasteiger partial charge on any atom is 0.328 e. The van der Waals surface area contributed by atoms with Gasteiger partial charge >= 0.3 is 6.03 Å². The molecule has 2 aromatic rings. The van der Waals surface area contributed by atoms with Gasteiger partial charge < -0.3 is 19.1 Å². The first-order valence-corrected chi connectivity index (χ1v) is 12.3. The number of hydrogen-bond acceptors (Lipinski definition) is 9. The van der Waals surface area contributed by atoms with Gasteiger partial charge in [-0.25, -0.2) is 14.8 Å². The summed E-state index contributed by atoms with van der Waals surface area (Å²) in [5.41, 5.74) is 2.14. The highest BCUT2D eigenvalue weighted by atomic mass is 16.5. The predicted octanol–water partition coefficient (Wildman–Crippen LogP) is 3.76. The van der Waals surface area contributed by atoms with Gasteiger partial charge in [-0.05, 0) is 50.5 Å². The number of carbonyl (C=O) groups is 2. The summed E-state index contributed by atoms with van der Waals surface area (Å²) in [6.07, 6.45) is 10.2. The number of pyridine rings is 2. The fraction of sp³-hybridized carbons (Fsp3) is 0.370. The summed E-state index contributed by atoms with van der Waals surface area (Å²) in [4.78, 5) is 37.5. The highest BCUT2D eigenvalue weighted by Crippen LogP contribution is 2.29. The molecule has 2 aliphatic rings. The molecule has 2 unspecified atom stereocenters. The zero-order valence-corrected chi connectivity index (χ0v) is 21.6. The van der Waals surface area contributed by atoms with Crippen LogP contribution in [0.25, 0.3) is 0 Å². The summed E-state index contributed by atoms with van der Waals surface area (Å²) in [6.45, 7) is 4.93. The fourth-order valence-electron chi connectivity index (χ4n) is 4.28. The van der Waals surface area contributed by atoms with E-state index >= 15 is 0 Å². The highest BCUT2D eigenvalue weighted by molar-refractivity contribution is 6.01. The van der Waals surface area contributed by atoms with Crippen LogP contribution in [-0.2, 0) is 22.4 Å². The summed E-state index contributed by atoms with van der Waals surface area (Å²) in [6, 6.07) is 5.04. The molecule has 0 fully saturated rings. The minimum atomic E-state index is -0.445. The van der Waals surface area contributed by atoms with Gasteiger partial charge in [0.15, 0.2) is 12.5 Å². The number of aromatic nitrogens is 2. The summed E-state index contributed by atoms with van der Waals surface area (Å²) in [7, 11) is 1.56. The van der Waals surface area contributed by atoms with E-state index in [-0.39, 0.29) is 29.4 Å². The molecule has 4 heterocycles. The van der Waals surface area contributed by atoms with Crippen molar-refractivity contribution in [1.29, 1.82) is 5.26 Å². The second-order valence-electron chi connectivity index (χ2n) is 8.96. The molecule has 11 heteroatoms. The lowest BCUT2D eigenvalue weighted by Crippen LogP contribution is -2.40. The first-order valence-electron chi connectivity index (χ1n) is 12.3. The number of fused-ring (bicyclic) bond motifs is 1. The molecule has 2 aliphatic heterocycles. The number of nitrogens with zero attached hydrogens (tertiary/aromatic N) is 5. The molecule has 4 rings (SSSR count). The number of hydrogen-bond donors (Lipinski definition) is 1. The fourth-order valence-corrected chi connectivity index (χ4v) is 4.28. The Bertz CT molecular complexity index is 1290. The second kappa shape index (κ2) is 12.2. The van der Waals surface area contributed by atoms with Crippen LogP contribution in [0, 0.1) is 11.3 Å². The number of amides is 2. The van der Waals surface area contributed by atoms with E-state index in [4.69, 9.17) is 14.2 Å². The van der Waals surface area contributed by atoms with Gasteiger partial charge in [0.25, 0.3) is 0 Å². The van der Waals surface area contributed by atoms with Crippen LogP contribution in [0.15, 0.2) is 42.9 Å². The first-order chi connectivity index (χ1) is 18.4. The lowest BCUT2D eigenvalue weighted by atomic mass is 10.0. The molecule has 0 saturated heterocycles. The zero-order chi connectivity index (χ0) is 27.1. The molecule has 198 valence electrons. The van der Waals surface area contributed by atoms with Crippen molar-refractivity contribution in [2.75, 3.05) is 30.5 Å². The van der Waals surface area contributed by atoms with Gasteiger partial charge in [-0.3, -0.25) is 15.0 Å². The minimum absolute atomic E-state index is 0.214. The zero-order valence-electron chi connectivity index (χ0n) is 21.6. The molecule has 1 N–H and O–H groups in total. The van der Waals surface area contributed by atoms with Crippen LogP contribution in [0.2, 0.25) is 0 Å². The Labute approximate surface area is 221 Å². The van der Waals surface area contributed by atoms with Crippen LogP contribution in [0.5, 0.6) is 5.75 Å². The van der Waals surface area contributed by atoms with Gasteiger partial charge in [0.2, 0.25) is 0 Å². The number of anilines is 2. The van der Waals surface area contributed by atoms with Gasteiger partial charge in [-0.2, -0.15) is 5.26 Å². The van der Waals surface area contributed by atoms with Crippen LogP contribution in [-0.4, -0.2) is 59.8 Å². The van der Waals surface area contributed by atoms with Crippen LogP contribution in [0.3, 0.4) is 0 Å². The van der Waals surface area contributed by atoms with Crippen molar-refractivity contribution in [3.05, 3.63) is 65.3 Å². The van der Waals surface area contributed by atoms with E-state index in [1.807, 2.05) is 43.2 Å². The minimum Gasteiger partial charge on any atom is -0.487 e. The van der Waals surface area contributed by atoms with Crippen molar-refractivity contribution in [2.45, 2.75) is 45.6 Å². The summed E-state index contributed by atoms with van der Waals surface area (Å²) in [5.74, 6) is 0.961. The maximum absolute atomic E-state index is 13.3. The third kappa shape index (κ3) is 6.10. The third-order valence-electron chi connectivity index (χ3n) is 6.14. The van der Waals surface area contributed by atoms with E-state index in [1.54, 1.807) is 19.4 Å². The SMILES string of the molecule is COCC(C)Oc1cc(NC(=O)N2CCCc3cc(CN4C=CC=COC4C)c(C=O)nc32)ncc1C#N. The van der Waals surface area contributed by atoms with Crippen LogP contribution in [0.4, 0.5) is 16.4 Å². The molecule has 0 aromatic carbocycles. The normalized spacial score (nSPS) is 17.1. The summed E-state index contributed by atoms with van der Waals surface area (Å²) in [5, 5.41) is 12.2. The Kier molecular flexibility index (Phi) is 8.55. The monoisotopic (exact) mass is 518 g/mol. The number of ether oxygens (including phenoxy) is 3. The van der Waals surface area contributed by atoms with Gasteiger partial charge in [0.05, 0.1) is 19.1 Å². The molecule has 0 saturated carbocycles. The third-order valence-corrected chi connectivity index (χ3v) is 6.14. The number of aldehydes is 1. The average Bonchev–Trinajstić information content (AvgIpc) is 3.11. The molecular weight excluding hydrogens is 488 g/mol. The average molecular weight is 519 g/mol. The van der Waals surface area contributed by atoms with Gasteiger partial charge in [0.1, 0.15) is 40.8 Å². The molecule has 2 amide bonds. The molecule has 2 atom stereocenters. The smallest absolute Gasteiger partial charge is 0.328 e. The number of nitrogens with one attached hydrogen (secondary N) is 1. The van der Waals surface area contributed by atoms with E-state index in [0.29, 0.717) is 37.5 Å². The lowest BCUT2D eigenvalue weighted by Gasteiger charge is -2.30. The first kappa shape index (κ1) is 26.6. The molecule has 2 aromatic heterocycles. The maximum atomic E-state index is 13.3. The van der Waals surface area contributed by atoms with Gasteiger partial charge in [-0.15, -0.1) is 0 Å². The Morgan fingerprint density at radius 3 is 3.00 bits per heavy atom. The number of rotatable bonds is 8. The summed E-state index contributed by atoms with van der Waals surface area (Å²) < 4.78 is 16.5. The number of urea groups is 1. The topological polar surface area (TPSA) is 130 Å². The predicted molar refractivity (Wildman–Crippen MR) is 140 cm³/mol.